The first kappa shape index (κ1) is 19.5. The lowest BCUT2D eigenvalue weighted by Crippen LogP contribution is -2.50. The van der Waals surface area contributed by atoms with Crippen LogP contribution in [0.15, 0.2) is 47.2 Å². The summed E-state index contributed by atoms with van der Waals surface area (Å²) in [6.45, 7) is 5.78. The Morgan fingerprint density at radius 1 is 0.966 bits per heavy atom. The maximum Gasteiger partial charge on any atom is 0.254 e. The first-order chi connectivity index (χ1) is 13.9. The van der Waals surface area contributed by atoms with Crippen LogP contribution in [0, 0.1) is 6.92 Å². The second kappa shape index (κ2) is 7.91. The fraction of sp³-hybridized carbons (Fsp3) is 0.273. The average molecular weight is 453 g/mol. The molecule has 0 spiro atoms. The summed E-state index contributed by atoms with van der Waals surface area (Å²) in [5, 5.41) is 0.931. The van der Waals surface area contributed by atoms with Gasteiger partial charge in [-0.3, -0.25) is 9.59 Å². The zero-order valence-corrected chi connectivity index (χ0v) is 17.9. The molecule has 0 atom stereocenters. The number of fused-ring (bicyclic) bond motifs is 1. The lowest BCUT2D eigenvalue weighted by atomic mass is 10.0. The molecular weight excluding hydrogens is 432 g/mol. The summed E-state index contributed by atoms with van der Waals surface area (Å²) in [4.78, 5) is 37.1. The number of aryl methyl sites for hydroxylation is 1. The van der Waals surface area contributed by atoms with Crippen molar-refractivity contribution in [2.24, 2.45) is 0 Å². The van der Waals surface area contributed by atoms with E-state index in [4.69, 9.17) is 0 Å². The molecule has 1 saturated heterocycles. The Balaban J connectivity index is 1.68. The minimum atomic E-state index is -0.0160. The summed E-state index contributed by atoms with van der Waals surface area (Å²) in [5.74, 6) is 0.0365. The quantitative estimate of drug-likeness (QED) is 0.594. The van der Waals surface area contributed by atoms with E-state index in [-0.39, 0.29) is 11.8 Å². The Morgan fingerprint density at radius 2 is 1.69 bits per heavy atom. The summed E-state index contributed by atoms with van der Waals surface area (Å²) in [6.07, 6.45) is 1.55. The molecule has 148 valence electrons. The van der Waals surface area contributed by atoms with Crippen molar-refractivity contribution in [1.82, 2.24) is 19.8 Å². The molecule has 2 aromatic carbocycles. The molecule has 0 aliphatic carbocycles. The summed E-state index contributed by atoms with van der Waals surface area (Å²) < 4.78 is 0.952. The predicted molar refractivity (Wildman–Crippen MR) is 116 cm³/mol. The third kappa shape index (κ3) is 4.00. The van der Waals surface area contributed by atoms with E-state index in [0.717, 1.165) is 32.2 Å². The maximum absolute atomic E-state index is 13.1. The highest BCUT2D eigenvalue weighted by atomic mass is 79.9. The van der Waals surface area contributed by atoms with Gasteiger partial charge < -0.3 is 9.80 Å². The van der Waals surface area contributed by atoms with Gasteiger partial charge in [-0.15, -0.1) is 0 Å². The van der Waals surface area contributed by atoms with Gasteiger partial charge >= 0.3 is 0 Å². The van der Waals surface area contributed by atoms with Crippen molar-refractivity contribution in [2.75, 3.05) is 26.2 Å². The highest BCUT2D eigenvalue weighted by Crippen LogP contribution is 2.29. The van der Waals surface area contributed by atoms with Crippen LogP contribution in [-0.2, 0) is 4.79 Å². The molecule has 3 aromatic rings. The van der Waals surface area contributed by atoms with Gasteiger partial charge in [-0.05, 0) is 48.9 Å². The normalized spacial score (nSPS) is 14.3. The molecule has 0 saturated carbocycles. The van der Waals surface area contributed by atoms with E-state index >= 15 is 0 Å². The van der Waals surface area contributed by atoms with Gasteiger partial charge in [0.05, 0.1) is 11.2 Å². The summed E-state index contributed by atoms with van der Waals surface area (Å²) in [6, 6.07) is 11.7. The highest BCUT2D eigenvalue weighted by molar-refractivity contribution is 9.10. The molecule has 29 heavy (non-hydrogen) atoms. The molecule has 1 aromatic heterocycles. The number of halogens is 1. The molecule has 1 aliphatic rings. The summed E-state index contributed by atoms with van der Waals surface area (Å²) >= 11 is 3.51. The summed E-state index contributed by atoms with van der Waals surface area (Å²) in [5.41, 5.74) is 4.18. The SMILES string of the molecule is CC(=O)N1CCN(C(=O)c2cc(C)cc(-c3ncnc4ccc(Br)cc34)c2)CC1. The second-order valence-corrected chi connectivity index (χ2v) is 8.19. The van der Waals surface area contributed by atoms with Crippen molar-refractivity contribution in [3.63, 3.8) is 0 Å². The Bertz CT molecular complexity index is 1110. The fourth-order valence-electron chi connectivity index (χ4n) is 3.71. The van der Waals surface area contributed by atoms with Gasteiger partial charge in [0.2, 0.25) is 5.91 Å². The van der Waals surface area contributed by atoms with Gasteiger partial charge in [0.15, 0.2) is 0 Å². The number of nitrogens with zero attached hydrogens (tertiary/aromatic N) is 4. The van der Waals surface area contributed by atoms with Crippen molar-refractivity contribution in [3.05, 3.63) is 58.3 Å². The van der Waals surface area contributed by atoms with Crippen molar-refractivity contribution >= 4 is 38.6 Å². The number of carbonyl (C=O) groups is 2. The van der Waals surface area contributed by atoms with Crippen molar-refractivity contribution in [2.45, 2.75) is 13.8 Å². The van der Waals surface area contributed by atoms with Gasteiger partial charge in [-0.1, -0.05) is 15.9 Å². The lowest BCUT2D eigenvalue weighted by Gasteiger charge is -2.34. The molecule has 4 rings (SSSR count). The maximum atomic E-state index is 13.1. The minimum Gasteiger partial charge on any atom is -0.339 e. The van der Waals surface area contributed by atoms with Gasteiger partial charge in [-0.2, -0.15) is 0 Å². The largest absolute Gasteiger partial charge is 0.339 e. The zero-order valence-electron chi connectivity index (χ0n) is 16.4. The fourth-order valence-corrected chi connectivity index (χ4v) is 4.07. The van der Waals surface area contributed by atoms with Gasteiger partial charge in [0.25, 0.3) is 5.91 Å². The van der Waals surface area contributed by atoms with Crippen molar-refractivity contribution in [3.8, 4) is 11.3 Å². The average Bonchev–Trinajstić information content (AvgIpc) is 2.72. The van der Waals surface area contributed by atoms with Crippen LogP contribution in [0.4, 0.5) is 0 Å². The smallest absolute Gasteiger partial charge is 0.254 e. The van der Waals surface area contributed by atoms with Crippen molar-refractivity contribution < 1.29 is 9.59 Å². The van der Waals surface area contributed by atoms with Gasteiger partial charge in [-0.25, -0.2) is 9.97 Å². The van der Waals surface area contributed by atoms with E-state index in [9.17, 15) is 9.59 Å². The van der Waals surface area contributed by atoms with Crippen LogP contribution in [0.3, 0.4) is 0 Å². The minimum absolute atomic E-state index is 0.0160. The van der Waals surface area contributed by atoms with Crippen molar-refractivity contribution in [1.29, 1.82) is 0 Å². The first-order valence-corrected chi connectivity index (χ1v) is 10.3. The Kier molecular flexibility index (Phi) is 5.32. The Morgan fingerprint density at radius 3 is 2.41 bits per heavy atom. The molecule has 0 unspecified atom stereocenters. The number of amides is 2. The van der Waals surface area contributed by atoms with E-state index in [2.05, 4.69) is 25.9 Å². The topological polar surface area (TPSA) is 66.4 Å². The molecule has 7 heteroatoms. The van der Waals surface area contributed by atoms with Crippen LogP contribution in [0.1, 0.15) is 22.8 Å². The Hall–Kier alpha value is -2.80. The number of benzene rings is 2. The monoisotopic (exact) mass is 452 g/mol. The van der Waals surface area contributed by atoms with E-state index in [1.807, 2.05) is 48.2 Å². The molecular formula is C22H21BrN4O2. The van der Waals surface area contributed by atoms with E-state index < -0.39 is 0 Å². The molecule has 0 radical (unpaired) electrons. The molecule has 1 fully saturated rings. The Labute approximate surface area is 177 Å². The molecule has 2 amide bonds. The number of hydrogen-bond donors (Lipinski definition) is 0. The first-order valence-electron chi connectivity index (χ1n) is 9.49. The molecule has 0 bridgehead atoms. The number of carbonyl (C=O) groups excluding carboxylic acids is 2. The van der Waals surface area contributed by atoms with E-state index in [0.29, 0.717) is 31.7 Å². The third-order valence-electron chi connectivity index (χ3n) is 5.21. The summed E-state index contributed by atoms with van der Waals surface area (Å²) in [7, 11) is 0. The number of aromatic nitrogens is 2. The molecule has 1 aliphatic heterocycles. The predicted octanol–water partition coefficient (Wildman–Crippen LogP) is 3.67. The molecule has 0 N–H and O–H groups in total. The zero-order chi connectivity index (χ0) is 20.5. The van der Waals surface area contributed by atoms with Crippen LogP contribution in [0.2, 0.25) is 0 Å². The molecule has 2 heterocycles. The van der Waals surface area contributed by atoms with Crippen LogP contribution in [-0.4, -0.2) is 57.8 Å². The van der Waals surface area contributed by atoms with E-state index in [1.165, 1.54) is 0 Å². The van der Waals surface area contributed by atoms with E-state index in [1.54, 1.807) is 18.2 Å². The standard InChI is InChI=1S/C22H21BrN4O2/c1-14-9-16(21-19-12-18(23)3-4-20(19)24-13-25-21)11-17(10-14)22(29)27-7-5-26(6-8-27)15(2)28/h3-4,9-13H,5-8H2,1-2H3. The van der Waals surface area contributed by atoms with Crippen LogP contribution < -0.4 is 0 Å². The number of hydrogen-bond acceptors (Lipinski definition) is 4. The van der Waals surface area contributed by atoms with Crippen LogP contribution in [0.5, 0.6) is 0 Å². The number of rotatable bonds is 2. The lowest BCUT2D eigenvalue weighted by molar-refractivity contribution is -0.130. The van der Waals surface area contributed by atoms with Gasteiger partial charge in [0, 0.05) is 54.1 Å². The number of piperazine rings is 1. The van der Waals surface area contributed by atoms with Gasteiger partial charge in [0.1, 0.15) is 6.33 Å². The second-order valence-electron chi connectivity index (χ2n) is 7.27. The highest BCUT2D eigenvalue weighted by Gasteiger charge is 2.24. The van der Waals surface area contributed by atoms with Crippen LogP contribution >= 0.6 is 15.9 Å². The molecule has 6 nitrogen and oxygen atoms in total. The van der Waals surface area contributed by atoms with Crippen LogP contribution in [0.25, 0.3) is 22.2 Å². The third-order valence-corrected chi connectivity index (χ3v) is 5.70.